The maximum absolute atomic E-state index is 5.66. The van der Waals surface area contributed by atoms with E-state index in [0.717, 1.165) is 11.4 Å². The van der Waals surface area contributed by atoms with E-state index in [4.69, 9.17) is 4.74 Å². The van der Waals surface area contributed by atoms with Crippen LogP contribution < -0.4 is 10.1 Å². The Morgan fingerprint density at radius 3 is 1.85 bits per heavy atom. The Labute approximate surface area is 123 Å². The standard InChI is InChI=1S/C14H15NO.2C2H6/c1-15-13-7-9-14(10-8-13)16-11-12-5-3-2-4-6-12;2*1-2/h2-10,15H,11H2,1H3;2*1-2H3. The van der Waals surface area contributed by atoms with E-state index >= 15 is 0 Å². The second-order valence-electron chi connectivity index (χ2n) is 3.55. The molecule has 1 N–H and O–H groups in total. The monoisotopic (exact) mass is 273 g/mol. The van der Waals surface area contributed by atoms with Gasteiger partial charge >= 0.3 is 0 Å². The predicted molar refractivity (Wildman–Crippen MR) is 89.5 cm³/mol. The van der Waals surface area contributed by atoms with Crippen molar-refractivity contribution < 1.29 is 4.74 Å². The summed E-state index contributed by atoms with van der Waals surface area (Å²) in [5.41, 5.74) is 2.27. The maximum atomic E-state index is 5.66. The molecule has 2 rings (SSSR count). The van der Waals surface area contributed by atoms with Gasteiger partial charge in [0.25, 0.3) is 0 Å². The van der Waals surface area contributed by atoms with Gasteiger partial charge in [-0.05, 0) is 29.8 Å². The zero-order valence-corrected chi connectivity index (χ0v) is 13.3. The number of hydrogen-bond acceptors (Lipinski definition) is 2. The summed E-state index contributed by atoms with van der Waals surface area (Å²) < 4.78 is 5.66. The van der Waals surface area contributed by atoms with Gasteiger partial charge in [-0.1, -0.05) is 58.0 Å². The highest BCUT2D eigenvalue weighted by molar-refractivity contribution is 5.45. The summed E-state index contributed by atoms with van der Waals surface area (Å²) in [5, 5.41) is 3.07. The van der Waals surface area contributed by atoms with Crippen LogP contribution in [0.5, 0.6) is 5.75 Å². The van der Waals surface area contributed by atoms with Gasteiger partial charge < -0.3 is 10.1 Å². The molecule has 0 aromatic heterocycles. The SMILES string of the molecule is CC.CC.CNc1ccc(OCc2ccccc2)cc1. The summed E-state index contributed by atoms with van der Waals surface area (Å²) >= 11 is 0. The number of nitrogens with one attached hydrogen (secondary N) is 1. The van der Waals surface area contributed by atoms with Crippen LogP contribution >= 0.6 is 0 Å². The first-order chi connectivity index (χ1) is 9.88. The van der Waals surface area contributed by atoms with Crippen molar-refractivity contribution >= 4 is 5.69 Å². The van der Waals surface area contributed by atoms with Crippen LogP contribution in [0.3, 0.4) is 0 Å². The first-order valence-electron chi connectivity index (χ1n) is 7.33. The Balaban J connectivity index is 0.000000829. The van der Waals surface area contributed by atoms with E-state index in [1.54, 1.807) is 0 Å². The molecule has 0 unspecified atom stereocenters. The molecule has 0 saturated heterocycles. The normalized spacial score (nSPS) is 8.45. The molecule has 0 amide bonds. The molecular weight excluding hydrogens is 246 g/mol. The molecule has 0 aliphatic rings. The average molecular weight is 273 g/mol. The summed E-state index contributed by atoms with van der Waals surface area (Å²) in [6, 6.07) is 18.1. The summed E-state index contributed by atoms with van der Waals surface area (Å²) in [7, 11) is 1.90. The first kappa shape index (κ1) is 18.0. The van der Waals surface area contributed by atoms with E-state index in [2.05, 4.69) is 17.4 Å². The molecule has 0 atom stereocenters. The molecule has 110 valence electrons. The molecule has 2 heteroatoms. The molecule has 0 heterocycles. The van der Waals surface area contributed by atoms with Gasteiger partial charge in [-0.25, -0.2) is 0 Å². The smallest absolute Gasteiger partial charge is 0.119 e. The predicted octanol–water partition coefficient (Wildman–Crippen LogP) is 5.36. The van der Waals surface area contributed by atoms with Gasteiger partial charge in [0.2, 0.25) is 0 Å². The zero-order chi connectivity index (χ0) is 15.2. The minimum atomic E-state index is 0.611. The van der Waals surface area contributed by atoms with Crippen molar-refractivity contribution in [2.24, 2.45) is 0 Å². The lowest BCUT2D eigenvalue weighted by Gasteiger charge is -2.07. The molecule has 0 spiro atoms. The van der Waals surface area contributed by atoms with Gasteiger partial charge in [-0.2, -0.15) is 0 Å². The highest BCUT2D eigenvalue weighted by Gasteiger charge is 1.95. The van der Waals surface area contributed by atoms with E-state index < -0.39 is 0 Å². The molecule has 2 aromatic carbocycles. The fourth-order valence-electron chi connectivity index (χ4n) is 1.46. The number of ether oxygens (including phenoxy) is 1. The van der Waals surface area contributed by atoms with E-state index in [0.29, 0.717) is 6.61 Å². The van der Waals surface area contributed by atoms with E-state index in [1.807, 2.05) is 77.2 Å². The first-order valence-corrected chi connectivity index (χ1v) is 7.33. The highest BCUT2D eigenvalue weighted by Crippen LogP contribution is 2.16. The number of benzene rings is 2. The van der Waals surface area contributed by atoms with Gasteiger partial charge in [0, 0.05) is 12.7 Å². The molecule has 0 radical (unpaired) electrons. The van der Waals surface area contributed by atoms with Gasteiger partial charge in [0.15, 0.2) is 0 Å². The molecule has 20 heavy (non-hydrogen) atoms. The van der Waals surface area contributed by atoms with Crippen LogP contribution in [-0.2, 0) is 6.61 Å². The van der Waals surface area contributed by atoms with Crippen molar-refractivity contribution in [1.29, 1.82) is 0 Å². The number of rotatable bonds is 4. The Morgan fingerprint density at radius 1 is 0.800 bits per heavy atom. The lowest BCUT2D eigenvalue weighted by atomic mass is 10.2. The number of anilines is 1. The topological polar surface area (TPSA) is 21.3 Å². The third-order valence-electron chi connectivity index (χ3n) is 2.39. The highest BCUT2D eigenvalue weighted by atomic mass is 16.5. The second-order valence-corrected chi connectivity index (χ2v) is 3.55. The third-order valence-corrected chi connectivity index (χ3v) is 2.39. The molecular formula is C18H27NO. The zero-order valence-electron chi connectivity index (χ0n) is 13.3. The summed E-state index contributed by atoms with van der Waals surface area (Å²) in [6.45, 7) is 8.61. The lowest BCUT2D eigenvalue weighted by Crippen LogP contribution is -1.95. The van der Waals surface area contributed by atoms with E-state index in [9.17, 15) is 0 Å². The summed E-state index contributed by atoms with van der Waals surface area (Å²) in [5.74, 6) is 0.892. The number of hydrogen-bond donors (Lipinski definition) is 1. The Bertz CT molecular complexity index is 423. The quantitative estimate of drug-likeness (QED) is 0.809. The van der Waals surface area contributed by atoms with Crippen molar-refractivity contribution in [1.82, 2.24) is 0 Å². The van der Waals surface area contributed by atoms with Crippen molar-refractivity contribution in [3.8, 4) is 5.75 Å². The molecule has 0 aliphatic carbocycles. The molecule has 2 aromatic rings. The van der Waals surface area contributed by atoms with E-state index in [1.165, 1.54) is 5.56 Å². The Hall–Kier alpha value is -1.96. The Morgan fingerprint density at radius 2 is 1.35 bits per heavy atom. The Kier molecular flexibility index (Phi) is 10.9. The molecule has 0 fully saturated rings. The molecule has 0 saturated carbocycles. The molecule has 0 aliphatic heterocycles. The fraction of sp³-hybridized carbons (Fsp3) is 0.333. The van der Waals surface area contributed by atoms with Crippen molar-refractivity contribution in [2.75, 3.05) is 12.4 Å². The van der Waals surface area contributed by atoms with Gasteiger partial charge in [0.05, 0.1) is 0 Å². The second kappa shape index (κ2) is 12.1. The van der Waals surface area contributed by atoms with Crippen LogP contribution in [0.15, 0.2) is 54.6 Å². The maximum Gasteiger partial charge on any atom is 0.119 e. The largest absolute Gasteiger partial charge is 0.489 e. The lowest BCUT2D eigenvalue weighted by molar-refractivity contribution is 0.306. The van der Waals surface area contributed by atoms with Crippen LogP contribution in [0, 0.1) is 0 Å². The molecule has 2 nitrogen and oxygen atoms in total. The van der Waals surface area contributed by atoms with Gasteiger partial charge in [0.1, 0.15) is 12.4 Å². The molecule has 0 bridgehead atoms. The third kappa shape index (κ3) is 6.83. The van der Waals surface area contributed by atoms with Crippen LogP contribution in [-0.4, -0.2) is 7.05 Å². The minimum Gasteiger partial charge on any atom is -0.489 e. The summed E-state index contributed by atoms with van der Waals surface area (Å²) in [4.78, 5) is 0. The van der Waals surface area contributed by atoms with Gasteiger partial charge in [-0.15, -0.1) is 0 Å². The summed E-state index contributed by atoms with van der Waals surface area (Å²) in [6.07, 6.45) is 0. The van der Waals surface area contributed by atoms with E-state index in [-0.39, 0.29) is 0 Å². The van der Waals surface area contributed by atoms with Crippen molar-refractivity contribution in [3.05, 3.63) is 60.2 Å². The van der Waals surface area contributed by atoms with Crippen LogP contribution in [0.2, 0.25) is 0 Å². The van der Waals surface area contributed by atoms with Crippen molar-refractivity contribution in [3.63, 3.8) is 0 Å². The van der Waals surface area contributed by atoms with Crippen LogP contribution in [0.4, 0.5) is 5.69 Å². The fourth-order valence-corrected chi connectivity index (χ4v) is 1.46. The average Bonchev–Trinajstić information content (AvgIpc) is 2.58. The van der Waals surface area contributed by atoms with Crippen LogP contribution in [0.25, 0.3) is 0 Å². The van der Waals surface area contributed by atoms with Crippen LogP contribution in [0.1, 0.15) is 33.3 Å². The van der Waals surface area contributed by atoms with Crippen molar-refractivity contribution in [2.45, 2.75) is 34.3 Å². The van der Waals surface area contributed by atoms with Gasteiger partial charge in [-0.3, -0.25) is 0 Å². The minimum absolute atomic E-state index is 0.611.